The van der Waals surface area contributed by atoms with E-state index in [0.717, 1.165) is 0 Å². The summed E-state index contributed by atoms with van der Waals surface area (Å²) in [6.45, 7) is 4.77. The van der Waals surface area contributed by atoms with Crippen molar-refractivity contribution in [3.05, 3.63) is 39.4 Å². The van der Waals surface area contributed by atoms with Gasteiger partial charge >= 0.3 is 0 Å². The van der Waals surface area contributed by atoms with Crippen LogP contribution in [0.4, 0.5) is 14.5 Å². The Kier molecular flexibility index (Phi) is 6.16. The summed E-state index contributed by atoms with van der Waals surface area (Å²) in [5.74, 6) is -3.21. The molecule has 1 rings (SSSR count). The highest BCUT2D eigenvalue weighted by atomic mass is 19.2. The van der Waals surface area contributed by atoms with E-state index < -0.39 is 33.7 Å². The maximum atomic E-state index is 13.1. The largest absolute Gasteiger partial charge is 0.379 e. The van der Waals surface area contributed by atoms with E-state index in [9.17, 15) is 23.7 Å². The molecule has 1 aromatic rings. The molecule has 0 radical (unpaired) electrons. The number of nitrogens with one attached hydrogen (secondary N) is 1. The molecule has 0 fully saturated rings. The van der Waals surface area contributed by atoms with Crippen LogP contribution < -0.4 is 5.32 Å². The lowest BCUT2D eigenvalue weighted by Crippen LogP contribution is -2.28. The van der Waals surface area contributed by atoms with E-state index in [1.54, 1.807) is 0 Å². The molecule has 116 valence electrons. The minimum atomic E-state index is -1.38. The van der Waals surface area contributed by atoms with Gasteiger partial charge in [0.15, 0.2) is 11.6 Å². The number of nitro benzene ring substituents is 1. The third-order valence-electron chi connectivity index (χ3n) is 2.46. The first-order valence-corrected chi connectivity index (χ1v) is 6.32. The molecule has 0 aliphatic heterocycles. The van der Waals surface area contributed by atoms with Crippen LogP contribution in [0.3, 0.4) is 0 Å². The Hall–Kier alpha value is -2.09. The van der Waals surface area contributed by atoms with Crippen LogP contribution in [0.25, 0.3) is 0 Å². The normalized spacial score (nSPS) is 10.7. The molecule has 0 aliphatic rings. The number of amides is 1. The van der Waals surface area contributed by atoms with Gasteiger partial charge in [-0.15, -0.1) is 0 Å². The van der Waals surface area contributed by atoms with Crippen molar-refractivity contribution < 1.29 is 23.2 Å². The van der Waals surface area contributed by atoms with Gasteiger partial charge in [0.1, 0.15) is 5.56 Å². The van der Waals surface area contributed by atoms with E-state index in [0.29, 0.717) is 24.7 Å². The highest BCUT2D eigenvalue weighted by molar-refractivity contribution is 5.98. The lowest BCUT2D eigenvalue weighted by Gasteiger charge is -2.08. The summed E-state index contributed by atoms with van der Waals surface area (Å²) in [5.41, 5.74) is -1.31. The Labute approximate surface area is 120 Å². The van der Waals surface area contributed by atoms with E-state index in [1.807, 2.05) is 13.8 Å². The topological polar surface area (TPSA) is 81.5 Å². The molecule has 0 saturated carbocycles. The van der Waals surface area contributed by atoms with Gasteiger partial charge in [-0.2, -0.15) is 0 Å². The molecule has 6 nitrogen and oxygen atoms in total. The third kappa shape index (κ3) is 5.07. The minimum absolute atomic E-state index is 0.113. The fourth-order valence-electron chi connectivity index (χ4n) is 1.52. The van der Waals surface area contributed by atoms with Gasteiger partial charge in [-0.25, -0.2) is 8.78 Å². The Morgan fingerprint density at radius 3 is 2.57 bits per heavy atom. The number of nitrogens with zero attached hydrogens (tertiary/aromatic N) is 1. The number of benzene rings is 1. The standard InChI is InChI=1S/C13H16F2N2O4/c1-8(2)7-21-4-3-16-13(18)9-5-10(14)11(15)6-12(9)17(19)20/h5-6,8H,3-4,7H2,1-2H3,(H,16,18). The van der Waals surface area contributed by atoms with Crippen molar-refractivity contribution in [1.29, 1.82) is 0 Å². The highest BCUT2D eigenvalue weighted by Gasteiger charge is 2.23. The van der Waals surface area contributed by atoms with Crippen molar-refractivity contribution in [3.63, 3.8) is 0 Å². The number of rotatable bonds is 7. The zero-order chi connectivity index (χ0) is 16.0. The average molecular weight is 302 g/mol. The van der Waals surface area contributed by atoms with Crippen molar-refractivity contribution in [2.75, 3.05) is 19.8 Å². The van der Waals surface area contributed by atoms with Crippen LogP contribution in [0.5, 0.6) is 0 Å². The van der Waals surface area contributed by atoms with Gasteiger partial charge < -0.3 is 10.1 Å². The summed E-state index contributed by atoms with van der Waals surface area (Å²) in [6.07, 6.45) is 0. The van der Waals surface area contributed by atoms with Crippen LogP contribution in [-0.4, -0.2) is 30.6 Å². The zero-order valence-corrected chi connectivity index (χ0v) is 11.7. The van der Waals surface area contributed by atoms with E-state index in [-0.39, 0.29) is 13.2 Å². The van der Waals surface area contributed by atoms with Gasteiger partial charge in [0, 0.05) is 13.2 Å². The summed E-state index contributed by atoms with van der Waals surface area (Å²) in [4.78, 5) is 21.6. The molecule has 0 aliphatic carbocycles. The zero-order valence-electron chi connectivity index (χ0n) is 11.7. The predicted octanol–water partition coefficient (Wildman–Crippen LogP) is 2.28. The van der Waals surface area contributed by atoms with Crippen LogP contribution in [0.15, 0.2) is 12.1 Å². The lowest BCUT2D eigenvalue weighted by atomic mass is 10.1. The van der Waals surface area contributed by atoms with Crippen LogP contribution in [0, 0.1) is 27.7 Å². The van der Waals surface area contributed by atoms with Crippen molar-refractivity contribution in [3.8, 4) is 0 Å². The smallest absolute Gasteiger partial charge is 0.285 e. The molecular formula is C13H16F2N2O4. The van der Waals surface area contributed by atoms with Gasteiger partial charge in [-0.05, 0) is 12.0 Å². The number of hydrogen-bond donors (Lipinski definition) is 1. The molecule has 1 N–H and O–H groups in total. The van der Waals surface area contributed by atoms with Gasteiger partial charge in [-0.1, -0.05) is 13.8 Å². The second kappa shape index (κ2) is 7.63. The monoisotopic (exact) mass is 302 g/mol. The first-order chi connectivity index (χ1) is 9.82. The fraction of sp³-hybridized carbons (Fsp3) is 0.462. The predicted molar refractivity (Wildman–Crippen MR) is 71.0 cm³/mol. The lowest BCUT2D eigenvalue weighted by molar-refractivity contribution is -0.385. The number of ether oxygens (including phenoxy) is 1. The Bertz CT molecular complexity index is 535. The van der Waals surface area contributed by atoms with Crippen LogP contribution in [-0.2, 0) is 4.74 Å². The molecule has 0 bridgehead atoms. The number of carbonyl (C=O) groups is 1. The number of carbonyl (C=O) groups excluding carboxylic acids is 1. The molecule has 21 heavy (non-hydrogen) atoms. The second-order valence-electron chi connectivity index (χ2n) is 4.77. The fourth-order valence-corrected chi connectivity index (χ4v) is 1.52. The minimum Gasteiger partial charge on any atom is -0.379 e. The second-order valence-corrected chi connectivity index (χ2v) is 4.77. The Morgan fingerprint density at radius 2 is 2.00 bits per heavy atom. The number of nitro groups is 1. The van der Waals surface area contributed by atoms with Crippen LogP contribution in [0.1, 0.15) is 24.2 Å². The van der Waals surface area contributed by atoms with Crippen LogP contribution >= 0.6 is 0 Å². The van der Waals surface area contributed by atoms with E-state index in [4.69, 9.17) is 4.74 Å². The average Bonchev–Trinajstić information content (AvgIpc) is 2.40. The molecule has 0 aromatic heterocycles. The number of hydrogen-bond acceptors (Lipinski definition) is 4. The summed E-state index contributed by atoms with van der Waals surface area (Å²) >= 11 is 0. The molecule has 0 atom stereocenters. The van der Waals surface area contributed by atoms with Crippen molar-refractivity contribution in [1.82, 2.24) is 5.32 Å². The summed E-state index contributed by atoms with van der Waals surface area (Å²) in [7, 11) is 0. The van der Waals surface area contributed by atoms with Crippen LogP contribution in [0.2, 0.25) is 0 Å². The highest BCUT2D eigenvalue weighted by Crippen LogP contribution is 2.22. The first-order valence-electron chi connectivity index (χ1n) is 6.32. The Balaban J connectivity index is 2.69. The van der Waals surface area contributed by atoms with Crippen molar-refractivity contribution in [2.24, 2.45) is 5.92 Å². The molecule has 0 spiro atoms. The molecule has 8 heteroatoms. The molecular weight excluding hydrogens is 286 g/mol. The maximum Gasteiger partial charge on any atom is 0.285 e. The van der Waals surface area contributed by atoms with Crippen molar-refractivity contribution in [2.45, 2.75) is 13.8 Å². The molecule has 1 amide bonds. The SMILES string of the molecule is CC(C)COCCNC(=O)c1cc(F)c(F)cc1[N+](=O)[O-]. The van der Waals surface area contributed by atoms with Gasteiger partial charge in [0.25, 0.3) is 11.6 Å². The maximum absolute atomic E-state index is 13.1. The summed E-state index contributed by atoms with van der Waals surface area (Å²) < 4.78 is 31.3. The Morgan fingerprint density at radius 1 is 1.38 bits per heavy atom. The van der Waals surface area contributed by atoms with E-state index in [2.05, 4.69) is 5.32 Å². The van der Waals surface area contributed by atoms with Gasteiger partial charge in [-0.3, -0.25) is 14.9 Å². The molecule has 0 saturated heterocycles. The molecule has 0 heterocycles. The third-order valence-corrected chi connectivity index (χ3v) is 2.46. The van der Waals surface area contributed by atoms with Gasteiger partial charge in [0.05, 0.1) is 17.6 Å². The molecule has 0 unspecified atom stereocenters. The van der Waals surface area contributed by atoms with Crippen molar-refractivity contribution >= 4 is 11.6 Å². The summed E-state index contributed by atoms with van der Waals surface area (Å²) in [5, 5.41) is 13.1. The van der Waals surface area contributed by atoms with Gasteiger partial charge in [0.2, 0.25) is 0 Å². The molecule has 1 aromatic carbocycles. The van der Waals surface area contributed by atoms with E-state index in [1.165, 1.54) is 0 Å². The van der Waals surface area contributed by atoms with E-state index >= 15 is 0 Å². The number of halogens is 2. The first kappa shape index (κ1) is 17.0. The summed E-state index contributed by atoms with van der Waals surface area (Å²) in [6, 6.07) is 0.900. The quantitative estimate of drug-likeness (QED) is 0.476.